The molecule has 0 aliphatic heterocycles. The Hall–Kier alpha value is -0.870. The molecule has 2 aromatic heterocycles. The minimum Gasteiger partial charge on any atom is -0.325 e. The number of nitrogens with two attached hydrogens (primary N) is 1. The molecule has 1 aliphatic rings. The third-order valence-corrected chi connectivity index (χ3v) is 5.36. The number of imidazole rings is 1. The lowest BCUT2D eigenvalue weighted by molar-refractivity contribution is 0.356. The third kappa shape index (κ3) is 2.84. The second-order valence-electron chi connectivity index (χ2n) is 6.07. The Balaban J connectivity index is 1.72. The van der Waals surface area contributed by atoms with Crippen LogP contribution in [0.1, 0.15) is 51.1 Å². The van der Waals surface area contributed by atoms with E-state index in [1.807, 2.05) is 0 Å². The van der Waals surface area contributed by atoms with Gasteiger partial charge in [-0.2, -0.15) is 0 Å². The number of fused-ring (bicyclic) bond motifs is 1. The number of hydrogen-bond acceptors (Lipinski definition) is 3. The largest absolute Gasteiger partial charge is 0.325 e. The molecule has 0 amide bonds. The molecule has 0 spiro atoms. The number of hydrogen-bond donors (Lipinski definition) is 1. The zero-order valence-electron chi connectivity index (χ0n) is 11.6. The van der Waals surface area contributed by atoms with E-state index in [0.717, 1.165) is 35.8 Å². The fourth-order valence-electron chi connectivity index (χ4n) is 3.31. The summed E-state index contributed by atoms with van der Waals surface area (Å²) in [4.78, 5) is 5.77. The standard InChI is InChI=1S/C15H23N3S/c1-2-12-4-3-6-15(16,7-5-12)10-13-11-18-8-9-19-14(18)17-13/h8-9,11-12H,2-7,10,16H2,1H3. The first-order chi connectivity index (χ1) is 9.18. The van der Waals surface area contributed by atoms with Gasteiger partial charge in [0.1, 0.15) is 0 Å². The summed E-state index contributed by atoms with van der Waals surface area (Å²) in [5, 5.41) is 2.07. The van der Waals surface area contributed by atoms with E-state index in [-0.39, 0.29) is 5.54 Å². The van der Waals surface area contributed by atoms with Crippen molar-refractivity contribution < 1.29 is 0 Å². The lowest BCUT2D eigenvalue weighted by Gasteiger charge is -2.27. The number of aromatic nitrogens is 2. The van der Waals surface area contributed by atoms with Gasteiger partial charge in [0, 0.05) is 29.7 Å². The van der Waals surface area contributed by atoms with Crippen LogP contribution in [0.15, 0.2) is 17.8 Å². The summed E-state index contributed by atoms with van der Waals surface area (Å²) in [5.41, 5.74) is 7.78. The molecule has 2 unspecified atom stereocenters. The Morgan fingerprint density at radius 2 is 2.37 bits per heavy atom. The second-order valence-corrected chi connectivity index (χ2v) is 6.94. The normalized spacial score (nSPS) is 28.6. The Morgan fingerprint density at radius 1 is 1.47 bits per heavy atom. The van der Waals surface area contributed by atoms with Gasteiger partial charge in [-0.05, 0) is 25.2 Å². The van der Waals surface area contributed by atoms with Crippen LogP contribution in [-0.2, 0) is 6.42 Å². The van der Waals surface area contributed by atoms with Crippen molar-refractivity contribution in [3.05, 3.63) is 23.5 Å². The predicted octanol–water partition coefficient (Wildman–Crippen LogP) is 3.63. The fourth-order valence-corrected chi connectivity index (χ4v) is 4.03. The predicted molar refractivity (Wildman–Crippen MR) is 80.6 cm³/mol. The van der Waals surface area contributed by atoms with Gasteiger partial charge in [-0.15, -0.1) is 11.3 Å². The van der Waals surface area contributed by atoms with Gasteiger partial charge in [0.15, 0.2) is 4.96 Å². The zero-order chi connectivity index (χ0) is 13.3. The molecule has 1 aliphatic carbocycles. The lowest BCUT2D eigenvalue weighted by Crippen LogP contribution is -2.41. The van der Waals surface area contributed by atoms with Crippen molar-refractivity contribution >= 4 is 16.3 Å². The highest BCUT2D eigenvalue weighted by Crippen LogP contribution is 2.32. The molecule has 0 radical (unpaired) electrons. The zero-order valence-corrected chi connectivity index (χ0v) is 12.5. The van der Waals surface area contributed by atoms with Gasteiger partial charge < -0.3 is 5.73 Å². The molecule has 19 heavy (non-hydrogen) atoms. The molecule has 3 nitrogen and oxygen atoms in total. The highest BCUT2D eigenvalue weighted by Gasteiger charge is 2.29. The van der Waals surface area contributed by atoms with Crippen molar-refractivity contribution in [1.29, 1.82) is 0 Å². The van der Waals surface area contributed by atoms with E-state index in [4.69, 9.17) is 5.73 Å². The summed E-state index contributed by atoms with van der Waals surface area (Å²) in [6, 6.07) is 0. The highest BCUT2D eigenvalue weighted by atomic mass is 32.1. The van der Waals surface area contributed by atoms with Crippen molar-refractivity contribution in [2.24, 2.45) is 11.7 Å². The smallest absolute Gasteiger partial charge is 0.193 e. The Morgan fingerprint density at radius 3 is 3.16 bits per heavy atom. The van der Waals surface area contributed by atoms with E-state index in [1.54, 1.807) is 11.3 Å². The first-order valence-corrected chi connectivity index (χ1v) is 8.26. The minimum absolute atomic E-state index is 0.0338. The van der Waals surface area contributed by atoms with Crippen LogP contribution in [0.3, 0.4) is 0 Å². The summed E-state index contributed by atoms with van der Waals surface area (Å²) in [5.74, 6) is 0.885. The summed E-state index contributed by atoms with van der Waals surface area (Å²) < 4.78 is 2.11. The van der Waals surface area contributed by atoms with E-state index in [1.165, 1.54) is 25.7 Å². The Kier molecular flexibility index (Phi) is 3.63. The number of thiazole rings is 1. The maximum atomic E-state index is 6.65. The molecule has 3 rings (SSSR count). The highest BCUT2D eigenvalue weighted by molar-refractivity contribution is 7.15. The van der Waals surface area contributed by atoms with Crippen LogP contribution in [0.5, 0.6) is 0 Å². The molecular weight excluding hydrogens is 254 g/mol. The molecule has 0 bridgehead atoms. The number of rotatable bonds is 3. The maximum Gasteiger partial charge on any atom is 0.193 e. The van der Waals surface area contributed by atoms with Crippen LogP contribution >= 0.6 is 11.3 Å². The van der Waals surface area contributed by atoms with Gasteiger partial charge in [0.2, 0.25) is 0 Å². The van der Waals surface area contributed by atoms with Crippen molar-refractivity contribution in [3.63, 3.8) is 0 Å². The minimum atomic E-state index is -0.0338. The van der Waals surface area contributed by atoms with Gasteiger partial charge in [0.25, 0.3) is 0 Å². The summed E-state index contributed by atoms with van der Waals surface area (Å²) in [6.45, 7) is 2.30. The van der Waals surface area contributed by atoms with Crippen molar-refractivity contribution in [1.82, 2.24) is 9.38 Å². The van der Waals surface area contributed by atoms with Gasteiger partial charge in [-0.1, -0.05) is 26.2 Å². The van der Waals surface area contributed by atoms with Gasteiger partial charge in [-0.25, -0.2) is 4.98 Å². The molecule has 2 atom stereocenters. The van der Waals surface area contributed by atoms with E-state index >= 15 is 0 Å². The fraction of sp³-hybridized carbons (Fsp3) is 0.667. The molecule has 0 saturated heterocycles. The third-order valence-electron chi connectivity index (χ3n) is 4.59. The topological polar surface area (TPSA) is 43.3 Å². The summed E-state index contributed by atoms with van der Waals surface area (Å²) >= 11 is 1.69. The van der Waals surface area contributed by atoms with E-state index in [0.29, 0.717) is 0 Å². The molecule has 2 aromatic rings. The molecule has 0 aromatic carbocycles. The van der Waals surface area contributed by atoms with Gasteiger partial charge in [-0.3, -0.25) is 4.40 Å². The average molecular weight is 277 g/mol. The first kappa shape index (κ1) is 13.1. The van der Waals surface area contributed by atoms with Crippen LogP contribution in [0.2, 0.25) is 0 Å². The molecule has 1 fully saturated rings. The molecule has 4 heteroatoms. The van der Waals surface area contributed by atoms with Gasteiger partial charge in [0.05, 0.1) is 5.69 Å². The van der Waals surface area contributed by atoms with E-state index < -0.39 is 0 Å². The maximum absolute atomic E-state index is 6.65. The van der Waals surface area contributed by atoms with Crippen molar-refractivity contribution in [2.75, 3.05) is 0 Å². The first-order valence-electron chi connectivity index (χ1n) is 7.38. The van der Waals surface area contributed by atoms with Crippen LogP contribution in [0.25, 0.3) is 4.96 Å². The Bertz CT molecular complexity index is 516. The lowest BCUT2D eigenvalue weighted by atomic mass is 9.86. The monoisotopic (exact) mass is 277 g/mol. The SMILES string of the molecule is CCC1CCCC(N)(Cc2cn3ccsc3n2)CC1. The molecule has 2 heterocycles. The van der Waals surface area contributed by atoms with Crippen LogP contribution in [-0.4, -0.2) is 14.9 Å². The van der Waals surface area contributed by atoms with Gasteiger partial charge >= 0.3 is 0 Å². The van der Waals surface area contributed by atoms with Crippen LogP contribution < -0.4 is 5.73 Å². The van der Waals surface area contributed by atoms with Crippen molar-refractivity contribution in [3.8, 4) is 0 Å². The molecule has 2 N–H and O–H groups in total. The average Bonchev–Trinajstić information content (AvgIpc) is 2.88. The van der Waals surface area contributed by atoms with Crippen LogP contribution in [0.4, 0.5) is 0 Å². The Labute approximate surface area is 118 Å². The quantitative estimate of drug-likeness (QED) is 0.871. The second kappa shape index (κ2) is 5.25. The summed E-state index contributed by atoms with van der Waals surface area (Å²) in [7, 11) is 0. The van der Waals surface area contributed by atoms with Crippen molar-refractivity contribution in [2.45, 2.75) is 57.4 Å². The molecular formula is C15H23N3S. The molecule has 104 valence electrons. The number of nitrogens with zero attached hydrogens (tertiary/aromatic N) is 2. The van der Waals surface area contributed by atoms with E-state index in [2.05, 4.69) is 34.1 Å². The molecule has 1 saturated carbocycles. The van der Waals surface area contributed by atoms with Crippen LogP contribution in [0, 0.1) is 5.92 Å². The van der Waals surface area contributed by atoms with E-state index in [9.17, 15) is 0 Å². The summed E-state index contributed by atoms with van der Waals surface area (Å²) in [6.07, 6.45) is 12.7.